The first kappa shape index (κ1) is 13.5. The van der Waals surface area contributed by atoms with Gasteiger partial charge in [-0.15, -0.1) is 0 Å². The molecule has 100 valence electrons. The number of sulfone groups is 1. The van der Waals surface area contributed by atoms with Crippen LogP contribution >= 0.6 is 0 Å². The fourth-order valence-electron chi connectivity index (χ4n) is 1.77. The molecule has 0 saturated heterocycles. The van der Waals surface area contributed by atoms with E-state index in [-0.39, 0.29) is 4.90 Å². The molecule has 3 nitrogen and oxygen atoms in total. The molecule has 0 fully saturated rings. The number of alkyl halides is 1. The molecule has 0 aliphatic carbocycles. The number of rotatable bonds is 4. The van der Waals surface area contributed by atoms with Crippen LogP contribution in [0.4, 0.5) is 4.39 Å². The molecule has 2 aromatic carbocycles. The van der Waals surface area contributed by atoms with Crippen LogP contribution in [0.15, 0.2) is 53.4 Å². The number of para-hydroxylation sites is 1. The Morgan fingerprint density at radius 3 is 2.26 bits per heavy atom. The number of ether oxygens (including phenoxy) is 1. The zero-order chi connectivity index (χ0) is 13.9. The van der Waals surface area contributed by atoms with Crippen molar-refractivity contribution in [3.63, 3.8) is 0 Å². The summed E-state index contributed by atoms with van der Waals surface area (Å²) in [5.41, 5.74) is 1.50. The van der Waals surface area contributed by atoms with E-state index >= 15 is 0 Å². The van der Waals surface area contributed by atoms with Crippen LogP contribution in [-0.4, -0.2) is 21.5 Å². The summed E-state index contributed by atoms with van der Waals surface area (Å²) in [4.78, 5) is 0.250. The Kier molecular flexibility index (Phi) is 3.85. The molecule has 5 heteroatoms. The minimum absolute atomic E-state index is 0.250. The van der Waals surface area contributed by atoms with Crippen molar-refractivity contribution in [2.24, 2.45) is 0 Å². The lowest BCUT2D eigenvalue weighted by molar-refractivity contribution is 0.192. The summed E-state index contributed by atoms with van der Waals surface area (Å²) in [5, 5.41) is 0. The van der Waals surface area contributed by atoms with Crippen molar-refractivity contribution in [1.29, 1.82) is 0 Å². The van der Waals surface area contributed by atoms with Crippen molar-refractivity contribution in [3.8, 4) is 16.9 Å². The van der Waals surface area contributed by atoms with Gasteiger partial charge in [0.05, 0.1) is 4.90 Å². The summed E-state index contributed by atoms with van der Waals surface area (Å²) in [6.45, 7) is -0.904. The van der Waals surface area contributed by atoms with Crippen LogP contribution in [0.2, 0.25) is 0 Å². The smallest absolute Gasteiger partial charge is 0.228 e. The Morgan fingerprint density at radius 1 is 1.05 bits per heavy atom. The van der Waals surface area contributed by atoms with E-state index < -0.39 is 16.7 Å². The van der Waals surface area contributed by atoms with E-state index in [4.69, 9.17) is 4.74 Å². The number of benzene rings is 2. The van der Waals surface area contributed by atoms with Crippen molar-refractivity contribution in [3.05, 3.63) is 48.5 Å². The molecular weight excluding hydrogens is 267 g/mol. The monoisotopic (exact) mass is 280 g/mol. The quantitative estimate of drug-likeness (QED) is 0.864. The summed E-state index contributed by atoms with van der Waals surface area (Å²) >= 11 is 0. The molecule has 0 N–H and O–H groups in total. The van der Waals surface area contributed by atoms with E-state index in [2.05, 4.69) is 0 Å². The van der Waals surface area contributed by atoms with E-state index in [0.717, 1.165) is 17.4 Å². The lowest BCUT2D eigenvalue weighted by Crippen LogP contribution is -1.97. The highest BCUT2D eigenvalue weighted by molar-refractivity contribution is 7.90. The summed E-state index contributed by atoms with van der Waals surface area (Å²) in [5.74, 6) is 0.428. The summed E-state index contributed by atoms with van der Waals surface area (Å²) in [6.07, 6.45) is 1.15. The molecule has 0 bridgehead atoms. The van der Waals surface area contributed by atoms with E-state index in [1.807, 2.05) is 6.07 Å². The topological polar surface area (TPSA) is 43.4 Å². The zero-order valence-electron chi connectivity index (χ0n) is 10.3. The van der Waals surface area contributed by atoms with E-state index in [1.54, 1.807) is 30.3 Å². The van der Waals surface area contributed by atoms with Crippen molar-refractivity contribution in [2.75, 3.05) is 13.1 Å². The fraction of sp³-hybridized carbons (Fsp3) is 0.143. The molecule has 19 heavy (non-hydrogen) atoms. The van der Waals surface area contributed by atoms with Gasteiger partial charge in [0.25, 0.3) is 0 Å². The highest BCUT2D eigenvalue weighted by Crippen LogP contribution is 2.30. The highest BCUT2D eigenvalue weighted by atomic mass is 32.2. The van der Waals surface area contributed by atoms with Gasteiger partial charge in [-0.3, -0.25) is 0 Å². The number of hydrogen-bond acceptors (Lipinski definition) is 3. The molecule has 0 spiro atoms. The maximum Gasteiger partial charge on any atom is 0.228 e. The third kappa shape index (κ3) is 3.12. The molecule has 0 aliphatic rings. The standard InChI is InChI=1S/C14H13FO3S/c1-19(16,17)12-8-6-11(7-9-12)13-4-2-3-5-14(13)18-10-15/h2-9H,10H2,1H3. The SMILES string of the molecule is CS(=O)(=O)c1ccc(-c2ccccc2OCF)cc1. The molecule has 0 aromatic heterocycles. The van der Waals surface area contributed by atoms with Gasteiger partial charge in [0, 0.05) is 11.8 Å². The van der Waals surface area contributed by atoms with Gasteiger partial charge in [-0.25, -0.2) is 12.8 Å². The van der Waals surface area contributed by atoms with E-state index in [0.29, 0.717) is 5.75 Å². The Balaban J connectivity index is 2.43. The number of hydrogen-bond donors (Lipinski definition) is 0. The third-order valence-corrected chi connectivity index (χ3v) is 3.82. The normalized spacial score (nSPS) is 11.3. The van der Waals surface area contributed by atoms with Crippen LogP contribution in [0.1, 0.15) is 0 Å². The minimum atomic E-state index is -3.21. The fourth-order valence-corrected chi connectivity index (χ4v) is 2.40. The molecule has 0 amide bonds. The van der Waals surface area contributed by atoms with E-state index in [1.165, 1.54) is 12.1 Å². The molecule has 0 aliphatic heterocycles. The molecule has 0 saturated carbocycles. The third-order valence-electron chi connectivity index (χ3n) is 2.69. The lowest BCUT2D eigenvalue weighted by Gasteiger charge is -2.09. The van der Waals surface area contributed by atoms with Gasteiger partial charge in [0.2, 0.25) is 6.86 Å². The molecule has 2 rings (SSSR count). The van der Waals surface area contributed by atoms with Crippen LogP contribution in [-0.2, 0) is 9.84 Å². The average Bonchev–Trinajstić information content (AvgIpc) is 2.39. The molecule has 0 radical (unpaired) electrons. The van der Waals surface area contributed by atoms with Gasteiger partial charge in [0.1, 0.15) is 5.75 Å². The maximum atomic E-state index is 12.3. The van der Waals surface area contributed by atoms with Gasteiger partial charge in [-0.1, -0.05) is 30.3 Å². The van der Waals surface area contributed by atoms with Gasteiger partial charge >= 0.3 is 0 Å². The molecule has 0 unspecified atom stereocenters. The Bertz CT molecular complexity index is 663. The van der Waals surface area contributed by atoms with Gasteiger partial charge < -0.3 is 4.74 Å². The molecular formula is C14H13FO3S. The van der Waals surface area contributed by atoms with Crippen molar-refractivity contribution in [1.82, 2.24) is 0 Å². The van der Waals surface area contributed by atoms with Gasteiger partial charge in [-0.05, 0) is 23.8 Å². The maximum absolute atomic E-state index is 12.3. The van der Waals surface area contributed by atoms with Crippen molar-refractivity contribution >= 4 is 9.84 Å². The largest absolute Gasteiger partial charge is 0.462 e. The lowest BCUT2D eigenvalue weighted by atomic mass is 10.1. The second kappa shape index (κ2) is 5.40. The Labute approximate surface area is 111 Å². The summed E-state index contributed by atoms with van der Waals surface area (Å²) in [6, 6.07) is 13.4. The Morgan fingerprint density at radius 2 is 1.68 bits per heavy atom. The first-order valence-corrected chi connectivity index (χ1v) is 7.50. The second-order valence-electron chi connectivity index (χ2n) is 4.05. The van der Waals surface area contributed by atoms with Gasteiger partial charge in [-0.2, -0.15) is 0 Å². The van der Waals surface area contributed by atoms with Crippen LogP contribution in [0.5, 0.6) is 5.75 Å². The Hall–Kier alpha value is -1.88. The summed E-state index contributed by atoms with van der Waals surface area (Å²) < 4.78 is 39.9. The second-order valence-corrected chi connectivity index (χ2v) is 6.06. The van der Waals surface area contributed by atoms with Crippen LogP contribution in [0, 0.1) is 0 Å². The van der Waals surface area contributed by atoms with Crippen molar-refractivity contribution in [2.45, 2.75) is 4.90 Å². The van der Waals surface area contributed by atoms with Crippen molar-refractivity contribution < 1.29 is 17.5 Å². The van der Waals surface area contributed by atoms with Crippen LogP contribution in [0.25, 0.3) is 11.1 Å². The molecule has 0 heterocycles. The predicted molar refractivity (Wildman–Crippen MR) is 71.6 cm³/mol. The zero-order valence-corrected chi connectivity index (χ0v) is 11.2. The van der Waals surface area contributed by atoms with E-state index in [9.17, 15) is 12.8 Å². The molecule has 2 aromatic rings. The number of halogens is 1. The first-order chi connectivity index (χ1) is 9.02. The molecule has 0 atom stereocenters. The average molecular weight is 280 g/mol. The predicted octanol–water partition coefficient (Wildman–Crippen LogP) is 3.06. The first-order valence-electron chi connectivity index (χ1n) is 5.60. The highest BCUT2D eigenvalue weighted by Gasteiger charge is 2.09. The van der Waals surface area contributed by atoms with Gasteiger partial charge in [0.15, 0.2) is 9.84 Å². The summed E-state index contributed by atoms with van der Waals surface area (Å²) in [7, 11) is -3.21. The van der Waals surface area contributed by atoms with Crippen LogP contribution in [0.3, 0.4) is 0 Å². The minimum Gasteiger partial charge on any atom is -0.462 e. The van der Waals surface area contributed by atoms with Crippen LogP contribution < -0.4 is 4.74 Å².